The van der Waals surface area contributed by atoms with E-state index in [4.69, 9.17) is 9.47 Å². The molecular formula is C30H31F3O2. The van der Waals surface area contributed by atoms with Crippen molar-refractivity contribution in [2.45, 2.75) is 45.8 Å². The SMILES string of the molecule is C/C=C/C1COC(c2ccc(-c3ccc(-c4ccc(CCCCC)c(F)c4F)cc3)c(F)c2)OC1. The van der Waals surface area contributed by atoms with E-state index in [-0.39, 0.29) is 11.5 Å². The van der Waals surface area contributed by atoms with Crippen LogP contribution in [0.15, 0.2) is 66.7 Å². The van der Waals surface area contributed by atoms with Crippen LogP contribution in [0.3, 0.4) is 0 Å². The molecule has 0 saturated carbocycles. The summed E-state index contributed by atoms with van der Waals surface area (Å²) in [5.41, 5.74) is 2.84. The molecule has 0 spiro atoms. The van der Waals surface area contributed by atoms with E-state index in [2.05, 4.69) is 6.92 Å². The third-order valence-corrected chi connectivity index (χ3v) is 6.37. The number of hydrogen-bond acceptors (Lipinski definition) is 2. The number of aryl methyl sites for hydroxylation is 1. The fourth-order valence-corrected chi connectivity index (χ4v) is 4.41. The van der Waals surface area contributed by atoms with Crippen molar-refractivity contribution < 1.29 is 22.6 Å². The Morgan fingerprint density at radius 3 is 2.11 bits per heavy atom. The molecule has 5 heteroatoms. The van der Waals surface area contributed by atoms with Crippen LogP contribution in [-0.4, -0.2) is 13.2 Å². The van der Waals surface area contributed by atoms with Gasteiger partial charge in [-0.15, -0.1) is 0 Å². The molecule has 184 valence electrons. The number of halogens is 3. The maximum atomic E-state index is 15.0. The zero-order valence-corrected chi connectivity index (χ0v) is 20.2. The number of hydrogen-bond donors (Lipinski definition) is 0. The molecule has 1 aliphatic heterocycles. The van der Waals surface area contributed by atoms with Gasteiger partial charge < -0.3 is 9.47 Å². The van der Waals surface area contributed by atoms with Crippen molar-refractivity contribution in [3.05, 3.63) is 95.3 Å². The van der Waals surface area contributed by atoms with Crippen molar-refractivity contribution in [3.8, 4) is 22.3 Å². The lowest BCUT2D eigenvalue weighted by molar-refractivity contribution is -0.197. The molecule has 0 atom stereocenters. The number of unbranched alkanes of at least 4 members (excludes halogenated alkanes) is 2. The minimum Gasteiger partial charge on any atom is -0.348 e. The van der Waals surface area contributed by atoms with Gasteiger partial charge in [-0.2, -0.15) is 0 Å². The number of ether oxygens (including phenoxy) is 2. The average molecular weight is 481 g/mol. The van der Waals surface area contributed by atoms with E-state index in [1.54, 1.807) is 48.5 Å². The fourth-order valence-electron chi connectivity index (χ4n) is 4.41. The predicted molar refractivity (Wildman–Crippen MR) is 133 cm³/mol. The summed E-state index contributed by atoms with van der Waals surface area (Å²) >= 11 is 0. The van der Waals surface area contributed by atoms with Gasteiger partial charge >= 0.3 is 0 Å². The van der Waals surface area contributed by atoms with Gasteiger partial charge in [-0.25, -0.2) is 13.2 Å². The van der Waals surface area contributed by atoms with Gasteiger partial charge in [0.25, 0.3) is 0 Å². The van der Waals surface area contributed by atoms with E-state index in [1.165, 1.54) is 6.07 Å². The summed E-state index contributed by atoms with van der Waals surface area (Å²) in [6.45, 7) is 5.07. The van der Waals surface area contributed by atoms with Crippen LogP contribution in [0.2, 0.25) is 0 Å². The Hall–Kier alpha value is -2.89. The van der Waals surface area contributed by atoms with Crippen LogP contribution < -0.4 is 0 Å². The summed E-state index contributed by atoms with van der Waals surface area (Å²) < 4.78 is 55.8. The molecule has 0 radical (unpaired) electrons. The van der Waals surface area contributed by atoms with Gasteiger partial charge in [0.1, 0.15) is 5.82 Å². The lowest BCUT2D eigenvalue weighted by atomic mass is 9.97. The first-order valence-corrected chi connectivity index (χ1v) is 12.2. The Labute approximate surface area is 205 Å². The van der Waals surface area contributed by atoms with Gasteiger partial charge in [-0.3, -0.25) is 0 Å². The molecule has 0 amide bonds. The van der Waals surface area contributed by atoms with Gasteiger partial charge in [0, 0.05) is 22.6 Å². The highest BCUT2D eigenvalue weighted by Crippen LogP contribution is 2.32. The minimum atomic E-state index is -0.841. The molecular weight excluding hydrogens is 449 g/mol. The van der Waals surface area contributed by atoms with Crippen LogP contribution in [0.1, 0.15) is 50.5 Å². The summed E-state index contributed by atoms with van der Waals surface area (Å²) in [6, 6.07) is 15.0. The Bertz CT molecular complexity index is 1160. The molecule has 0 unspecified atom stereocenters. The van der Waals surface area contributed by atoms with E-state index < -0.39 is 23.7 Å². The van der Waals surface area contributed by atoms with Crippen molar-refractivity contribution in [3.63, 3.8) is 0 Å². The van der Waals surface area contributed by atoms with Gasteiger partial charge in [-0.1, -0.05) is 80.4 Å². The van der Waals surface area contributed by atoms with Gasteiger partial charge in [0.05, 0.1) is 13.2 Å². The monoisotopic (exact) mass is 480 g/mol. The lowest BCUT2D eigenvalue weighted by Gasteiger charge is -2.28. The summed E-state index contributed by atoms with van der Waals surface area (Å²) in [5, 5.41) is 0. The molecule has 2 nitrogen and oxygen atoms in total. The van der Waals surface area contributed by atoms with Crippen molar-refractivity contribution in [2.24, 2.45) is 5.92 Å². The molecule has 1 heterocycles. The summed E-state index contributed by atoms with van der Waals surface area (Å²) in [7, 11) is 0. The molecule has 0 bridgehead atoms. The second kappa shape index (κ2) is 11.7. The first-order valence-electron chi connectivity index (χ1n) is 12.2. The number of rotatable bonds is 8. The number of benzene rings is 3. The standard InChI is InChI=1S/C30H31F3O2/c1-3-5-6-8-23-13-16-26(29(33)28(23)32)22-11-9-21(10-12-22)25-15-14-24(17-27(25)31)30-34-18-20(7-4-2)19-35-30/h4,7,9-17,20,30H,3,5-6,8,18-19H2,1-2H3/b7-4+. The summed E-state index contributed by atoms with van der Waals surface area (Å²) in [6.07, 6.45) is 6.78. The average Bonchev–Trinajstić information content (AvgIpc) is 2.88. The number of allylic oxidation sites excluding steroid dienone is 1. The maximum absolute atomic E-state index is 15.0. The topological polar surface area (TPSA) is 18.5 Å². The summed E-state index contributed by atoms with van der Waals surface area (Å²) in [4.78, 5) is 0. The van der Waals surface area contributed by atoms with Crippen molar-refractivity contribution in [1.82, 2.24) is 0 Å². The van der Waals surface area contributed by atoms with E-state index in [1.807, 2.05) is 19.1 Å². The zero-order chi connectivity index (χ0) is 24.8. The molecule has 1 aliphatic rings. The molecule has 0 aromatic heterocycles. The second-order valence-corrected chi connectivity index (χ2v) is 8.96. The Morgan fingerprint density at radius 2 is 1.49 bits per heavy atom. The molecule has 3 aromatic rings. The highest BCUT2D eigenvalue weighted by atomic mass is 19.2. The Balaban J connectivity index is 1.49. The molecule has 0 aliphatic carbocycles. The molecule has 4 rings (SSSR count). The molecule has 3 aromatic carbocycles. The van der Waals surface area contributed by atoms with Crippen molar-refractivity contribution in [1.29, 1.82) is 0 Å². The molecule has 35 heavy (non-hydrogen) atoms. The van der Waals surface area contributed by atoms with Crippen LogP contribution in [0.4, 0.5) is 13.2 Å². The van der Waals surface area contributed by atoms with Crippen LogP contribution in [-0.2, 0) is 15.9 Å². The fraction of sp³-hybridized carbons (Fsp3) is 0.333. The quantitative estimate of drug-likeness (QED) is 0.238. The van der Waals surface area contributed by atoms with Gasteiger partial charge in [0.15, 0.2) is 17.9 Å². The molecule has 1 saturated heterocycles. The molecule has 0 N–H and O–H groups in total. The van der Waals surface area contributed by atoms with Crippen molar-refractivity contribution in [2.75, 3.05) is 13.2 Å². The third kappa shape index (κ3) is 5.85. The second-order valence-electron chi connectivity index (χ2n) is 8.96. The van der Waals surface area contributed by atoms with Crippen molar-refractivity contribution >= 4 is 0 Å². The Morgan fingerprint density at radius 1 is 0.829 bits per heavy atom. The molecule has 1 fully saturated rings. The van der Waals surface area contributed by atoms with Crippen LogP contribution in [0.25, 0.3) is 22.3 Å². The largest absolute Gasteiger partial charge is 0.348 e. The van der Waals surface area contributed by atoms with E-state index in [9.17, 15) is 13.2 Å². The van der Waals surface area contributed by atoms with Gasteiger partial charge in [0.2, 0.25) is 0 Å². The zero-order valence-electron chi connectivity index (χ0n) is 20.2. The van der Waals surface area contributed by atoms with E-state index in [0.29, 0.717) is 47.5 Å². The Kier molecular flexibility index (Phi) is 8.42. The van der Waals surface area contributed by atoms with Crippen LogP contribution >= 0.6 is 0 Å². The smallest absolute Gasteiger partial charge is 0.183 e. The highest BCUT2D eigenvalue weighted by Gasteiger charge is 2.23. The summed E-state index contributed by atoms with van der Waals surface area (Å²) in [5.74, 6) is -1.82. The first kappa shape index (κ1) is 25.2. The predicted octanol–water partition coefficient (Wildman–Crippen LogP) is 8.41. The van der Waals surface area contributed by atoms with Crippen LogP contribution in [0, 0.1) is 23.4 Å². The highest BCUT2D eigenvalue weighted by molar-refractivity contribution is 5.71. The first-order chi connectivity index (χ1) is 17.0. The van der Waals surface area contributed by atoms with Gasteiger partial charge in [-0.05, 0) is 42.5 Å². The third-order valence-electron chi connectivity index (χ3n) is 6.37. The lowest BCUT2D eigenvalue weighted by Crippen LogP contribution is -2.25. The van der Waals surface area contributed by atoms with E-state index >= 15 is 0 Å². The normalized spacial score (nSPS) is 18.3. The maximum Gasteiger partial charge on any atom is 0.183 e. The van der Waals surface area contributed by atoms with E-state index in [0.717, 1.165) is 19.3 Å². The minimum absolute atomic E-state index is 0.201. The van der Waals surface area contributed by atoms with Crippen LogP contribution in [0.5, 0.6) is 0 Å².